The first kappa shape index (κ1) is 21.9. The standard InChI is InChI=1S/C25H32N2O3/c1-3-16-27(25(29)22-11-7-8-12-22)19-24(28)26(18-23-14-13-20(2)30-23)17-15-21-9-5-4-6-10-21/h3-6,9-10,13-14,22H,1,7-8,11-12,15-19H2,2H3. The van der Waals surface area contributed by atoms with Gasteiger partial charge in [0.25, 0.3) is 0 Å². The van der Waals surface area contributed by atoms with E-state index in [4.69, 9.17) is 4.42 Å². The molecular weight excluding hydrogens is 376 g/mol. The Morgan fingerprint density at radius 1 is 1.10 bits per heavy atom. The summed E-state index contributed by atoms with van der Waals surface area (Å²) in [6, 6.07) is 13.9. The fourth-order valence-electron chi connectivity index (χ4n) is 4.04. The van der Waals surface area contributed by atoms with Crippen LogP contribution in [-0.4, -0.2) is 41.2 Å². The normalized spacial score (nSPS) is 13.9. The SMILES string of the molecule is C=CCN(CC(=O)N(CCc1ccccc1)Cc1ccc(C)o1)C(=O)C1CCCC1. The molecule has 30 heavy (non-hydrogen) atoms. The summed E-state index contributed by atoms with van der Waals surface area (Å²) in [5.74, 6) is 1.64. The molecular formula is C25H32N2O3. The van der Waals surface area contributed by atoms with Gasteiger partial charge in [-0.25, -0.2) is 0 Å². The number of furan rings is 1. The molecule has 1 fully saturated rings. The second kappa shape index (κ2) is 10.8. The fraction of sp³-hybridized carbons (Fsp3) is 0.440. The molecule has 1 aromatic carbocycles. The van der Waals surface area contributed by atoms with E-state index >= 15 is 0 Å². The van der Waals surface area contributed by atoms with E-state index in [9.17, 15) is 9.59 Å². The molecule has 160 valence electrons. The molecule has 5 heteroatoms. The van der Waals surface area contributed by atoms with Gasteiger partial charge in [0.2, 0.25) is 11.8 Å². The summed E-state index contributed by atoms with van der Waals surface area (Å²) in [5.41, 5.74) is 1.18. The van der Waals surface area contributed by atoms with Gasteiger partial charge in [-0.1, -0.05) is 49.2 Å². The van der Waals surface area contributed by atoms with Crippen molar-refractivity contribution >= 4 is 11.8 Å². The number of aryl methyl sites for hydroxylation is 1. The van der Waals surface area contributed by atoms with Crippen LogP contribution in [0.4, 0.5) is 0 Å². The Bertz CT molecular complexity index is 837. The number of rotatable bonds is 10. The monoisotopic (exact) mass is 408 g/mol. The molecule has 3 rings (SSSR count). The van der Waals surface area contributed by atoms with Crippen molar-refractivity contribution in [1.82, 2.24) is 9.80 Å². The lowest BCUT2D eigenvalue weighted by atomic mass is 10.1. The second-order valence-electron chi connectivity index (χ2n) is 8.05. The Kier molecular flexibility index (Phi) is 7.89. The lowest BCUT2D eigenvalue weighted by Crippen LogP contribution is -2.45. The molecule has 1 saturated carbocycles. The van der Waals surface area contributed by atoms with Crippen molar-refractivity contribution < 1.29 is 14.0 Å². The van der Waals surface area contributed by atoms with Gasteiger partial charge < -0.3 is 14.2 Å². The highest BCUT2D eigenvalue weighted by Gasteiger charge is 2.29. The van der Waals surface area contributed by atoms with Crippen molar-refractivity contribution in [3.8, 4) is 0 Å². The maximum Gasteiger partial charge on any atom is 0.242 e. The summed E-state index contributed by atoms with van der Waals surface area (Å²) in [7, 11) is 0. The topological polar surface area (TPSA) is 53.8 Å². The number of benzene rings is 1. The first-order valence-corrected chi connectivity index (χ1v) is 10.8. The van der Waals surface area contributed by atoms with Crippen LogP contribution < -0.4 is 0 Å². The van der Waals surface area contributed by atoms with E-state index in [-0.39, 0.29) is 24.3 Å². The molecule has 0 radical (unpaired) electrons. The number of carbonyl (C=O) groups is 2. The third kappa shape index (κ3) is 6.09. The van der Waals surface area contributed by atoms with Crippen LogP contribution in [0, 0.1) is 12.8 Å². The van der Waals surface area contributed by atoms with Crippen LogP contribution >= 0.6 is 0 Å². The van der Waals surface area contributed by atoms with Gasteiger partial charge in [-0.2, -0.15) is 0 Å². The zero-order valence-corrected chi connectivity index (χ0v) is 17.9. The minimum Gasteiger partial charge on any atom is -0.464 e. The Morgan fingerprint density at radius 2 is 1.83 bits per heavy atom. The molecule has 2 amide bonds. The molecule has 0 bridgehead atoms. The molecule has 0 N–H and O–H groups in total. The van der Waals surface area contributed by atoms with E-state index < -0.39 is 0 Å². The van der Waals surface area contributed by atoms with Gasteiger partial charge in [-0.15, -0.1) is 6.58 Å². The first-order valence-electron chi connectivity index (χ1n) is 10.8. The van der Waals surface area contributed by atoms with E-state index in [0.717, 1.165) is 43.6 Å². The average Bonchev–Trinajstić information content (AvgIpc) is 3.43. The molecule has 0 spiro atoms. The minimum atomic E-state index is -0.0619. The van der Waals surface area contributed by atoms with E-state index in [2.05, 4.69) is 18.7 Å². The van der Waals surface area contributed by atoms with Gasteiger partial charge in [0, 0.05) is 19.0 Å². The molecule has 1 heterocycles. The number of hydrogen-bond donors (Lipinski definition) is 0. The summed E-state index contributed by atoms with van der Waals surface area (Å²) < 4.78 is 5.71. The van der Waals surface area contributed by atoms with Crippen LogP contribution in [0.15, 0.2) is 59.5 Å². The van der Waals surface area contributed by atoms with E-state index in [1.165, 1.54) is 5.56 Å². The highest BCUT2D eigenvalue weighted by Crippen LogP contribution is 2.26. The van der Waals surface area contributed by atoms with Gasteiger partial charge in [-0.3, -0.25) is 9.59 Å². The third-order valence-corrected chi connectivity index (χ3v) is 5.70. The summed E-state index contributed by atoms with van der Waals surface area (Å²) in [4.78, 5) is 29.6. The maximum atomic E-state index is 13.2. The van der Waals surface area contributed by atoms with Crippen LogP contribution in [0.25, 0.3) is 0 Å². The van der Waals surface area contributed by atoms with Crippen molar-refractivity contribution in [3.05, 3.63) is 72.2 Å². The highest BCUT2D eigenvalue weighted by atomic mass is 16.3. The van der Waals surface area contributed by atoms with Crippen LogP contribution in [0.2, 0.25) is 0 Å². The lowest BCUT2D eigenvalue weighted by molar-refractivity contribution is -0.142. The molecule has 1 aromatic heterocycles. The zero-order valence-electron chi connectivity index (χ0n) is 17.9. The van der Waals surface area contributed by atoms with Gasteiger partial charge in [0.05, 0.1) is 6.54 Å². The molecule has 0 atom stereocenters. The summed E-state index contributed by atoms with van der Waals surface area (Å²) in [5, 5.41) is 0. The predicted molar refractivity (Wildman–Crippen MR) is 118 cm³/mol. The predicted octanol–water partition coefficient (Wildman–Crippen LogP) is 4.36. The van der Waals surface area contributed by atoms with Crippen molar-refractivity contribution in [1.29, 1.82) is 0 Å². The van der Waals surface area contributed by atoms with Crippen molar-refractivity contribution in [2.24, 2.45) is 5.92 Å². The molecule has 0 saturated heterocycles. The number of hydrogen-bond acceptors (Lipinski definition) is 3. The van der Waals surface area contributed by atoms with Crippen molar-refractivity contribution in [2.45, 2.75) is 45.6 Å². The van der Waals surface area contributed by atoms with Gasteiger partial charge in [-0.05, 0) is 43.9 Å². The summed E-state index contributed by atoms with van der Waals surface area (Å²) in [6.07, 6.45) is 6.48. The molecule has 1 aliphatic rings. The maximum absolute atomic E-state index is 13.2. The van der Waals surface area contributed by atoms with E-state index in [1.54, 1.807) is 15.9 Å². The quantitative estimate of drug-likeness (QED) is 0.549. The molecule has 0 aliphatic heterocycles. The van der Waals surface area contributed by atoms with Crippen LogP contribution in [0.5, 0.6) is 0 Å². The smallest absolute Gasteiger partial charge is 0.242 e. The Morgan fingerprint density at radius 3 is 2.47 bits per heavy atom. The first-order chi connectivity index (χ1) is 14.6. The van der Waals surface area contributed by atoms with E-state index in [1.807, 2.05) is 37.3 Å². The van der Waals surface area contributed by atoms with Crippen molar-refractivity contribution in [2.75, 3.05) is 19.6 Å². The molecule has 2 aromatic rings. The largest absolute Gasteiger partial charge is 0.464 e. The van der Waals surface area contributed by atoms with Gasteiger partial charge >= 0.3 is 0 Å². The second-order valence-corrected chi connectivity index (χ2v) is 8.05. The van der Waals surface area contributed by atoms with Gasteiger partial charge in [0.15, 0.2) is 0 Å². The number of carbonyl (C=O) groups excluding carboxylic acids is 2. The molecule has 5 nitrogen and oxygen atoms in total. The Balaban J connectivity index is 1.69. The Hall–Kier alpha value is -2.82. The number of nitrogens with zero attached hydrogens (tertiary/aromatic N) is 2. The molecule has 1 aliphatic carbocycles. The minimum absolute atomic E-state index is 0.0447. The fourth-order valence-corrected chi connectivity index (χ4v) is 4.04. The van der Waals surface area contributed by atoms with Crippen LogP contribution in [-0.2, 0) is 22.6 Å². The highest BCUT2D eigenvalue weighted by molar-refractivity contribution is 5.86. The summed E-state index contributed by atoms with van der Waals surface area (Å²) >= 11 is 0. The number of amides is 2. The Labute approximate surface area is 179 Å². The van der Waals surface area contributed by atoms with Crippen LogP contribution in [0.3, 0.4) is 0 Å². The third-order valence-electron chi connectivity index (χ3n) is 5.70. The van der Waals surface area contributed by atoms with Crippen molar-refractivity contribution in [3.63, 3.8) is 0 Å². The van der Waals surface area contributed by atoms with Crippen LogP contribution in [0.1, 0.15) is 42.8 Å². The van der Waals surface area contributed by atoms with Gasteiger partial charge in [0.1, 0.15) is 18.1 Å². The zero-order chi connectivity index (χ0) is 21.3. The lowest BCUT2D eigenvalue weighted by Gasteiger charge is -2.28. The average molecular weight is 409 g/mol. The molecule has 0 unspecified atom stereocenters. The van der Waals surface area contributed by atoms with E-state index in [0.29, 0.717) is 19.6 Å². The summed E-state index contributed by atoms with van der Waals surface area (Å²) in [6.45, 7) is 7.12.